The fourth-order valence-electron chi connectivity index (χ4n) is 2.92. The molecule has 2 fully saturated rings. The zero-order chi connectivity index (χ0) is 12.7. The van der Waals surface area contributed by atoms with Crippen LogP contribution in [0.4, 0.5) is 0 Å². The van der Waals surface area contributed by atoms with Crippen LogP contribution in [0.3, 0.4) is 0 Å². The molecule has 2 unspecified atom stereocenters. The minimum Gasteiger partial charge on any atom is -0.347 e. The van der Waals surface area contributed by atoms with Crippen molar-refractivity contribution in [1.82, 2.24) is 0 Å². The van der Waals surface area contributed by atoms with Crippen molar-refractivity contribution in [2.75, 3.05) is 0 Å². The van der Waals surface area contributed by atoms with Crippen LogP contribution in [-0.4, -0.2) is 31.7 Å². The summed E-state index contributed by atoms with van der Waals surface area (Å²) in [4.78, 5) is 0. The highest BCUT2D eigenvalue weighted by molar-refractivity contribution is 7.89. The smallest absolute Gasteiger partial charge is 0.211 e. The summed E-state index contributed by atoms with van der Waals surface area (Å²) < 4.78 is 34.3. The van der Waals surface area contributed by atoms with Crippen molar-refractivity contribution >= 4 is 10.0 Å². The standard InChI is InChI=1S/C11H21NO4S/c1-8-7-9(2)16-11(15-8)5-3-10(4-6-11)17(12,13)14/h8-10H,3-7H2,1-2H3,(H2,12,13,14). The van der Waals surface area contributed by atoms with E-state index in [0.29, 0.717) is 25.7 Å². The number of nitrogens with two attached hydrogens (primary N) is 1. The van der Waals surface area contributed by atoms with Crippen LogP contribution in [-0.2, 0) is 19.5 Å². The van der Waals surface area contributed by atoms with Crippen molar-refractivity contribution < 1.29 is 17.9 Å². The average molecular weight is 263 g/mol. The number of hydrogen-bond acceptors (Lipinski definition) is 4. The molecule has 2 N–H and O–H groups in total. The Morgan fingerprint density at radius 2 is 1.59 bits per heavy atom. The highest BCUT2D eigenvalue weighted by atomic mass is 32.2. The van der Waals surface area contributed by atoms with Gasteiger partial charge in [-0.15, -0.1) is 0 Å². The largest absolute Gasteiger partial charge is 0.347 e. The van der Waals surface area contributed by atoms with Crippen molar-refractivity contribution in [2.24, 2.45) is 5.14 Å². The van der Waals surface area contributed by atoms with Crippen LogP contribution in [0.1, 0.15) is 46.0 Å². The summed E-state index contributed by atoms with van der Waals surface area (Å²) in [6.45, 7) is 4.07. The molecular weight excluding hydrogens is 242 g/mol. The van der Waals surface area contributed by atoms with Gasteiger partial charge in [0.2, 0.25) is 10.0 Å². The molecule has 0 aromatic rings. The third-order valence-corrected chi connectivity index (χ3v) is 5.06. The van der Waals surface area contributed by atoms with E-state index in [0.717, 1.165) is 6.42 Å². The van der Waals surface area contributed by atoms with E-state index in [1.54, 1.807) is 0 Å². The molecule has 6 heteroatoms. The maximum absolute atomic E-state index is 11.3. The van der Waals surface area contributed by atoms with E-state index in [4.69, 9.17) is 14.6 Å². The van der Waals surface area contributed by atoms with Gasteiger partial charge in [0.25, 0.3) is 0 Å². The minimum absolute atomic E-state index is 0.171. The van der Waals surface area contributed by atoms with E-state index in [2.05, 4.69) is 0 Å². The lowest BCUT2D eigenvalue weighted by molar-refractivity contribution is -0.322. The molecule has 1 saturated carbocycles. The third kappa shape index (κ3) is 2.99. The number of primary sulfonamides is 1. The van der Waals surface area contributed by atoms with Crippen LogP contribution < -0.4 is 5.14 Å². The molecule has 0 bridgehead atoms. The fourth-order valence-corrected chi connectivity index (χ4v) is 3.81. The normalized spacial score (nSPS) is 43.8. The molecule has 17 heavy (non-hydrogen) atoms. The van der Waals surface area contributed by atoms with Gasteiger partial charge in [0, 0.05) is 12.8 Å². The van der Waals surface area contributed by atoms with Crippen molar-refractivity contribution in [3.63, 3.8) is 0 Å². The molecule has 0 radical (unpaired) electrons. The molecule has 1 aliphatic carbocycles. The topological polar surface area (TPSA) is 78.6 Å². The van der Waals surface area contributed by atoms with Gasteiger partial charge >= 0.3 is 0 Å². The number of ether oxygens (including phenoxy) is 2. The Kier molecular flexibility index (Phi) is 3.51. The van der Waals surface area contributed by atoms with E-state index < -0.39 is 21.1 Å². The second kappa shape index (κ2) is 4.50. The van der Waals surface area contributed by atoms with Crippen molar-refractivity contribution in [3.8, 4) is 0 Å². The van der Waals surface area contributed by atoms with Gasteiger partial charge in [-0.3, -0.25) is 0 Å². The number of hydrogen-bond donors (Lipinski definition) is 1. The highest BCUT2D eigenvalue weighted by Crippen LogP contribution is 2.40. The summed E-state index contributed by atoms with van der Waals surface area (Å²) in [5, 5.41) is 4.74. The maximum atomic E-state index is 11.3. The molecule has 2 atom stereocenters. The third-order valence-electron chi connectivity index (χ3n) is 3.65. The molecule has 2 rings (SSSR count). The lowest BCUT2D eigenvalue weighted by atomic mass is 9.92. The van der Waals surface area contributed by atoms with E-state index in [1.807, 2.05) is 13.8 Å². The second-order valence-corrected chi connectivity index (χ2v) is 7.14. The molecule has 2 aliphatic rings. The Morgan fingerprint density at radius 1 is 1.12 bits per heavy atom. The van der Waals surface area contributed by atoms with E-state index in [9.17, 15) is 8.42 Å². The van der Waals surface area contributed by atoms with Gasteiger partial charge in [0.15, 0.2) is 5.79 Å². The molecule has 0 amide bonds. The van der Waals surface area contributed by atoms with Crippen LogP contribution in [0.5, 0.6) is 0 Å². The molecule has 1 heterocycles. The molecule has 0 aromatic carbocycles. The zero-order valence-electron chi connectivity index (χ0n) is 10.4. The van der Waals surface area contributed by atoms with Gasteiger partial charge in [0.05, 0.1) is 17.5 Å². The Bertz CT molecular complexity index is 361. The van der Waals surface area contributed by atoms with Crippen LogP contribution in [0.25, 0.3) is 0 Å². The Hall–Kier alpha value is -0.170. The van der Waals surface area contributed by atoms with Crippen LogP contribution in [0, 0.1) is 0 Å². The average Bonchev–Trinajstić information content (AvgIpc) is 2.14. The summed E-state index contributed by atoms with van der Waals surface area (Å²) in [5.74, 6) is -0.571. The van der Waals surface area contributed by atoms with Gasteiger partial charge in [-0.05, 0) is 33.1 Å². The maximum Gasteiger partial charge on any atom is 0.211 e. The molecular formula is C11H21NO4S. The summed E-state index contributed by atoms with van der Waals surface area (Å²) in [6.07, 6.45) is 3.51. The van der Waals surface area contributed by atoms with Gasteiger partial charge < -0.3 is 9.47 Å². The molecule has 1 aliphatic heterocycles. The first-order chi connectivity index (χ1) is 7.81. The van der Waals surface area contributed by atoms with Gasteiger partial charge in [-0.1, -0.05) is 0 Å². The lowest BCUT2D eigenvalue weighted by Crippen LogP contribution is -2.51. The molecule has 0 aromatic heterocycles. The summed E-state index contributed by atoms with van der Waals surface area (Å²) in [7, 11) is -3.42. The van der Waals surface area contributed by atoms with Crippen LogP contribution in [0.2, 0.25) is 0 Å². The SMILES string of the molecule is CC1CC(C)OC2(CCC(S(N)(=O)=O)CC2)O1. The summed E-state index contributed by atoms with van der Waals surface area (Å²) in [5.41, 5.74) is 0. The number of rotatable bonds is 1. The van der Waals surface area contributed by atoms with Crippen molar-refractivity contribution in [3.05, 3.63) is 0 Å². The molecule has 1 spiro atoms. The van der Waals surface area contributed by atoms with Crippen molar-refractivity contribution in [2.45, 2.75) is 69.2 Å². The first-order valence-corrected chi connectivity index (χ1v) is 7.79. The lowest BCUT2D eigenvalue weighted by Gasteiger charge is -2.46. The summed E-state index contributed by atoms with van der Waals surface area (Å²) >= 11 is 0. The summed E-state index contributed by atoms with van der Waals surface area (Å²) in [6, 6.07) is 0. The Morgan fingerprint density at radius 3 is 2.00 bits per heavy atom. The zero-order valence-corrected chi connectivity index (χ0v) is 11.2. The van der Waals surface area contributed by atoms with E-state index in [1.165, 1.54) is 0 Å². The van der Waals surface area contributed by atoms with Gasteiger partial charge in [0.1, 0.15) is 0 Å². The first kappa shape index (κ1) is 13.3. The highest BCUT2D eigenvalue weighted by Gasteiger charge is 2.44. The van der Waals surface area contributed by atoms with E-state index in [-0.39, 0.29) is 12.2 Å². The van der Waals surface area contributed by atoms with Crippen LogP contribution >= 0.6 is 0 Å². The quantitative estimate of drug-likeness (QED) is 0.769. The molecule has 5 nitrogen and oxygen atoms in total. The monoisotopic (exact) mass is 263 g/mol. The predicted octanol–water partition coefficient (Wildman–Crippen LogP) is 1.13. The first-order valence-electron chi connectivity index (χ1n) is 6.18. The predicted molar refractivity (Wildman–Crippen MR) is 63.8 cm³/mol. The minimum atomic E-state index is -3.42. The van der Waals surface area contributed by atoms with Gasteiger partial charge in [-0.25, -0.2) is 13.6 Å². The Balaban J connectivity index is 2.02. The van der Waals surface area contributed by atoms with Crippen LogP contribution in [0.15, 0.2) is 0 Å². The second-order valence-electron chi connectivity index (χ2n) is 5.29. The van der Waals surface area contributed by atoms with Gasteiger partial charge in [-0.2, -0.15) is 0 Å². The van der Waals surface area contributed by atoms with Crippen molar-refractivity contribution in [1.29, 1.82) is 0 Å². The fraction of sp³-hybridized carbons (Fsp3) is 1.00. The molecule has 100 valence electrons. The Labute approximate surface area is 103 Å². The molecule has 1 saturated heterocycles. The van der Waals surface area contributed by atoms with E-state index >= 15 is 0 Å². The number of sulfonamides is 1.